The smallest absolute Gasteiger partial charge is 0.427 e. The topological polar surface area (TPSA) is 83.9 Å². The number of anilines is 1. The van der Waals surface area contributed by atoms with Crippen LogP contribution in [0.2, 0.25) is 0 Å². The van der Waals surface area contributed by atoms with Crippen molar-refractivity contribution in [2.75, 3.05) is 10.9 Å². The van der Waals surface area contributed by atoms with Gasteiger partial charge in [0, 0.05) is 0 Å². The molecule has 1 aromatic rings. The summed E-state index contributed by atoms with van der Waals surface area (Å²) in [5, 5.41) is 9.45. The first-order valence-electron chi connectivity index (χ1n) is 10.1. The van der Waals surface area contributed by atoms with E-state index in [9.17, 15) is 18.3 Å². The second kappa shape index (κ2) is 9.94. The molecule has 0 radical (unpaired) electrons. The van der Waals surface area contributed by atoms with Gasteiger partial charge >= 0.3 is 16.4 Å². The molecule has 1 N–H and O–H groups in total. The summed E-state index contributed by atoms with van der Waals surface area (Å²) in [6.07, 6.45) is 1.36. The van der Waals surface area contributed by atoms with E-state index in [0.29, 0.717) is 5.92 Å². The summed E-state index contributed by atoms with van der Waals surface area (Å²) in [5.41, 5.74) is 0.112. The second-order valence-corrected chi connectivity index (χ2v) is 11.6. The van der Waals surface area contributed by atoms with Crippen molar-refractivity contribution in [1.29, 1.82) is 0 Å². The highest BCUT2D eigenvalue weighted by atomic mass is 32.2. The first kappa shape index (κ1) is 25.4. The summed E-state index contributed by atoms with van der Waals surface area (Å²) in [6, 6.07) is 7.69. The number of amides is 1. The van der Waals surface area contributed by atoms with Crippen molar-refractivity contribution in [1.82, 2.24) is 0 Å². The van der Waals surface area contributed by atoms with E-state index in [2.05, 4.69) is 48.5 Å². The van der Waals surface area contributed by atoms with E-state index < -0.39 is 16.4 Å². The molecule has 0 spiro atoms. The molecule has 0 saturated carbocycles. The van der Waals surface area contributed by atoms with Crippen LogP contribution in [0, 0.1) is 22.7 Å². The molecule has 0 aliphatic carbocycles. The minimum Gasteiger partial charge on any atom is -0.464 e. The summed E-state index contributed by atoms with van der Waals surface area (Å²) in [6.45, 7) is 14.9. The maximum absolute atomic E-state index is 12.7. The average molecular weight is 428 g/mol. The molecule has 6 nitrogen and oxygen atoms in total. The first-order valence-corrected chi connectivity index (χ1v) is 11.5. The van der Waals surface area contributed by atoms with Crippen LogP contribution in [0.25, 0.3) is 0 Å². The third-order valence-corrected chi connectivity index (χ3v) is 6.35. The second-order valence-electron chi connectivity index (χ2n) is 10.1. The van der Waals surface area contributed by atoms with Crippen LogP contribution in [0.15, 0.2) is 30.3 Å². The van der Waals surface area contributed by atoms with Crippen molar-refractivity contribution >= 4 is 22.1 Å². The van der Waals surface area contributed by atoms with Gasteiger partial charge in [-0.2, -0.15) is 8.42 Å². The highest BCUT2D eigenvalue weighted by Crippen LogP contribution is 2.35. The van der Waals surface area contributed by atoms with Crippen LogP contribution >= 0.6 is 0 Å². The van der Waals surface area contributed by atoms with Gasteiger partial charge in [0.2, 0.25) is 0 Å². The summed E-state index contributed by atoms with van der Waals surface area (Å²) < 4.78 is 30.9. The third-order valence-electron chi connectivity index (χ3n) is 5.10. The minimum atomic E-state index is -4.47. The fourth-order valence-electron chi connectivity index (χ4n) is 3.07. The quantitative estimate of drug-likeness (QED) is 0.526. The molecule has 0 aliphatic heterocycles. The van der Waals surface area contributed by atoms with Crippen molar-refractivity contribution in [2.45, 2.75) is 67.7 Å². The number of carboxylic acid groups (broad SMARTS) is 1. The molecule has 0 saturated heterocycles. The predicted octanol–water partition coefficient (Wildman–Crippen LogP) is 5.95. The van der Waals surface area contributed by atoms with Crippen LogP contribution < -0.4 is 4.31 Å². The number of nitrogens with zero attached hydrogens (tertiary/aromatic N) is 1. The zero-order chi connectivity index (χ0) is 22.5. The van der Waals surface area contributed by atoms with Crippen LogP contribution in [0.4, 0.5) is 10.5 Å². The third kappa shape index (κ3) is 8.74. The maximum atomic E-state index is 12.7. The highest BCUT2D eigenvalue weighted by Gasteiger charge is 2.34. The molecule has 7 heteroatoms. The van der Waals surface area contributed by atoms with Crippen LogP contribution in [-0.2, 0) is 14.5 Å². The molecular formula is C22H37NO5S. The van der Waals surface area contributed by atoms with E-state index in [4.69, 9.17) is 4.18 Å². The highest BCUT2D eigenvalue weighted by molar-refractivity contribution is 7.89. The largest absolute Gasteiger partial charge is 0.464 e. The fourth-order valence-corrected chi connectivity index (χ4v) is 4.09. The predicted molar refractivity (Wildman–Crippen MR) is 117 cm³/mol. The Labute approximate surface area is 176 Å². The SMILES string of the molecule is CC(CCC(C)(C)C)CC(COS(=O)(=O)N(C(=O)O)c1ccccc1)C(C)(C)C. The monoisotopic (exact) mass is 427 g/mol. The van der Waals surface area contributed by atoms with Crippen molar-refractivity contribution in [3.8, 4) is 0 Å². The fraction of sp³-hybridized carbons (Fsp3) is 0.682. The average Bonchev–Trinajstić information content (AvgIpc) is 2.55. The summed E-state index contributed by atoms with van der Waals surface area (Å²) in [4.78, 5) is 11.6. The Morgan fingerprint density at radius 3 is 2.10 bits per heavy atom. The number of hydrogen-bond donors (Lipinski definition) is 1. The lowest BCUT2D eigenvalue weighted by atomic mass is 9.75. The van der Waals surface area contributed by atoms with Crippen LogP contribution in [0.5, 0.6) is 0 Å². The zero-order valence-corrected chi connectivity index (χ0v) is 19.6. The van der Waals surface area contributed by atoms with Gasteiger partial charge in [0.05, 0.1) is 12.3 Å². The Balaban J connectivity index is 2.90. The van der Waals surface area contributed by atoms with E-state index in [1.54, 1.807) is 18.2 Å². The number of para-hydroxylation sites is 1. The standard InChI is InChI=1S/C22H37NO5S/c1-17(13-14-21(2,3)4)15-18(22(5,6)7)16-28-29(26,27)23(20(24)25)19-11-9-8-10-12-19/h8-12,17-18H,13-16H2,1-7H3,(H,24,25). The number of rotatable bonds is 9. The lowest BCUT2D eigenvalue weighted by molar-refractivity contribution is 0.121. The van der Waals surface area contributed by atoms with Crippen molar-refractivity contribution < 1.29 is 22.5 Å². The molecule has 166 valence electrons. The van der Waals surface area contributed by atoms with Gasteiger partial charge in [-0.1, -0.05) is 73.1 Å². The van der Waals surface area contributed by atoms with E-state index in [1.165, 1.54) is 12.1 Å². The molecule has 0 aliphatic rings. The van der Waals surface area contributed by atoms with Gasteiger partial charge in [0.1, 0.15) is 0 Å². The summed E-state index contributed by atoms with van der Waals surface area (Å²) in [7, 11) is -4.47. The molecule has 2 atom stereocenters. The van der Waals surface area contributed by atoms with Gasteiger partial charge in [-0.15, -0.1) is 4.31 Å². The Hall–Kier alpha value is -1.60. The van der Waals surface area contributed by atoms with Crippen LogP contribution in [-0.4, -0.2) is 26.2 Å². The first-order chi connectivity index (χ1) is 13.1. The zero-order valence-electron chi connectivity index (χ0n) is 18.8. The van der Waals surface area contributed by atoms with Crippen molar-refractivity contribution in [3.63, 3.8) is 0 Å². The molecule has 1 aromatic carbocycles. The van der Waals surface area contributed by atoms with Gasteiger partial charge in [-0.05, 0) is 47.6 Å². The van der Waals surface area contributed by atoms with E-state index in [-0.39, 0.29) is 33.3 Å². The maximum Gasteiger partial charge on any atom is 0.427 e. The minimum absolute atomic E-state index is 0.0290. The number of hydrogen-bond acceptors (Lipinski definition) is 4. The van der Waals surface area contributed by atoms with Crippen molar-refractivity contribution in [3.05, 3.63) is 30.3 Å². The Kier molecular flexibility index (Phi) is 8.72. The van der Waals surface area contributed by atoms with Crippen LogP contribution in [0.3, 0.4) is 0 Å². The van der Waals surface area contributed by atoms with E-state index in [0.717, 1.165) is 19.3 Å². The van der Waals surface area contributed by atoms with Gasteiger partial charge in [0.15, 0.2) is 0 Å². The molecule has 0 heterocycles. The molecule has 0 aromatic heterocycles. The lowest BCUT2D eigenvalue weighted by Gasteiger charge is -2.33. The summed E-state index contributed by atoms with van der Waals surface area (Å²) in [5.74, 6) is 0.383. The molecular weight excluding hydrogens is 390 g/mol. The van der Waals surface area contributed by atoms with Gasteiger partial charge < -0.3 is 5.11 Å². The molecule has 1 rings (SSSR count). The number of benzene rings is 1. The van der Waals surface area contributed by atoms with E-state index in [1.807, 2.05) is 0 Å². The Bertz CT molecular complexity index is 748. The molecule has 29 heavy (non-hydrogen) atoms. The van der Waals surface area contributed by atoms with Crippen molar-refractivity contribution in [2.24, 2.45) is 22.7 Å². The van der Waals surface area contributed by atoms with Gasteiger partial charge in [0.25, 0.3) is 0 Å². The normalized spacial score (nSPS) is 15.0. The Morgan fingerprint density at radius 1 is 1.10 bits per heavy atom. The molecule has 1 amide bonds. The number of carbonyl (C=O) groups is 1. The lowest BCUT2D eigenvalue weighted by Crippen LogP contribution is -2.39. The summed E-state index contributed by atoms with van der Waals surface area (Å²) >= 11 is 0. The van der Waals surface area contributed by atoms with Gasteiger partial charge in [-0.25, -0.2) is 4.79 Å². The molecule has 0 bridgehead atoms. The van der Waals surface area contributed by atoms with Gasteiger partial charge in [-0.3, -0.25) is 4.18 Å². The molecule has 2 unspecified atom stereocenters. The Morgan fingerprint density at radius 2 is 1.66 bits per heavy atom. The van der Waals surface area contributed by atoms with E-state index >= 15 is 0 Å². The molecule has 0 fully saturated rings. The van der Waals surface area contributed by atoms with Crippen LogP contribution in [0.1, 0.15) is 67.7 Å².